The van der Waals surface area contributed by atoms with Gasteiger partial charge in [-0.15, -0.1) is 0 Å². The van der Waals surface area contributed by atoms with Gasteiger partial charge < -0.3 is 16.0 Å². The van der Waals surface area contributed by atoms with Gasteiger partial charge in [-0.3, -0.25) is 19.3 Å². The molecule has 1 unspecified atom stereocenters. The zero-order valence-electron chi connectivity index (χ0n) is 11.3. The monoisotopic (exact) mass is 286 g/mol. The average Bonchev–Trinajstić information content (AvgIpc) is 2.96. The quantitative estimate of drug-likeness (QED) is 0.542. The van der Waals surface area contributed by atoms with Crippen LogP contribution in [0.3, 0.4) is 0 Å². The Balaban J connectivity index is 1.86. The Labute approximate surface area is 120 Å². The van der Waals surface area contributed by atoms with E-state index in [0.29, 0.717) is 16.6 Å². The Morgan fingerprint density at radius 1 is 1.43 bits per heavy atom. The van der Waals surface area contributed by atoms with Gasteiger partial charge in [0.05, 0.1) is 12.0 Å². The van der Waals surface area contributed by atoms with E-state index < -0.39 is 17.9 Å². The number of aromatic amines is 1. The molecule has 21 heavy (non-hydrogen) atoms. The van der Waals surface area contributed by atoms with Crippen molar-refractivity contribution in [3.05, 3.63) is 30.0 Å². The van der Waals surface area contributed by atoms with E-state index >= 15 is 0 Å². The predicted octanol–water partition coefficient (Wildman–Crippen LogP) is 0.237. The van der Waals surface area contributed by atoms with Crippen molar-refractivity contribution in [1.82, 2.24) is 15.2 Å². The zero-order valence-corrected chi connectivity index (χ0v) is 11.3. The number of nitrogens with zero attached hydrogens (tertiary/aromatic N) is 1. The van der Waals surface area contributed by atoms with Gasteiger partial charge >= 0.3 is 0 Å². The number of nitrogens with two attached hydrogens (primary N) is 1. The number of anilines is 1. The number of nitrogen functional groups attached to an aromatic ring is 1. The van der Waals surface area contributed by atoms with Crippen LogP contribution in [0, 0.1) is 0 Å². The number of rotatable bonds is 2. The molecule has 7 heteroatoms. The number of likely N-dealkylation sites (N-methyl/N-ethyl adjacent to an activating group) is 1. The molecule has 0 bridgehead atoms. The molecule has 4 N–H and O–H groups in total. The molecular formula is C14H14N4O3. The number of aromatic nitrogens is 1. The Morgan fingerprint density at radius 2 is 2.19 bits per heavy atom. The maximum Gasteiger partial charge on any atom is 0.254 e. The van der Waals surface area contributed by atoms with E-state index in [-0.39, 0.29) is 12.3 Å². The van der Waals surface area contributed by atoms with Crippen LogP contribution in [0.15, 0.2) is 24.4 Å². The van der Waals surface area contributed by atoms with Gasteiger partial charge in [0, 0.05) is 29.8 Å². The first-order chi connectivity index (χ1) is 9.97. The van der Waals surface area contributed by atoms with Gasteiger partial charge in [-0.25, -0.2) is 0 Å². The van der Waals surface area contributed by atoms with Gasteiger partial charge in [-0.1, -0.05) is 0 Å². The topological polar surface area (TPSA) is 108 Å². The van der Waals surface area contributed by atoms with Gasteiger partial charge in [-0.05, 0) is 18.2 Å². The summed E-state index contributed by atoms with van der Waals surface area (Å²) < 4.78 is 0. The smallest absolute Gasteiger partial charge is 0.254 e. The number of hydrogen-bond donors (Lipinski definition) is 3. The van der Waals surface area contributed by atoms with Crippen molar-refractivity contribution in [3.8, 4) is 0 Å². The normalized spacial score (nSPS) is 18.5. The first kappa shape index (κ1) is 13.2. The Kier molecular flexibility index (Phi) is 2.90. The van der Waals surface area contributed by atoms with Crippen molar-refractivity contribution in [1.29, 1.82) is 0 Å². The maximum absolute atomic E-state index is 12.3. The van der Waals surface area contributed by atoms with Crippen LogP contribution in [0.2, 0.25) is 0 Å². The largest absolute Gasteiger partial charge is 0.399 e. The highest BCUT2D eigenvalue weighted by Gasteiger charge is 2.37. The van der Waals surface area contributed by atoms with Gasteiger partial charge in [0.15, 0.2) is 0 Å². The number of fused-ring (bicyclic) bond motifs is 1. The van der Waals surface area contributed by atoms with E-state index in [2.05, 4.69) is 10.3 Å². The fourth-order valence-electron chi connectivity index (χ4n) is 2.43. The number of likely N-dealkylation sites (tertiary alicyclic amines) is 1. The van der Waals surface area contributed by atoms with Crippen molar-refractivity contribution in [2.45, 2.75) is 12.5 Å². The lowest BCUT2D eigenvalue weighted by molar-refractivity contribution is -0.137. The lowest BCUT2D eigenvalue weighted by atomic mass is 10.1. The number of amides is 3. The molecule has 1 aliphatic heterocycles. The van der Waals surface area contributed by atoms with Crippen LogP contribution < -0.4 is 11.1 Å². The van der Waals surface area contributed by atoms with Crippen molar-refractivity contribution >= 4 is 34.3 Å². The summed E-state index contributed by atoms with van der Waals surface area (Å²) in [5.41, 5.74) is 7.44. The van der Waals surface area contributed by atoms with Crippen LogP contribution in [0.25, 0.3) is 10.9 Å². The second-order valence-corrected chi connectivity index (χ2v) is 5.03. The number of nitrogens with one attached hydrogen (secondary N) is 2. The number of carbonyl (C=O) groups is 3. The molecule has 3 rings (SSSR count). The average molecular weight is 286 g/mol. The second-order valence-electron chi connectivity index (χ2n) is 5.03. The van der Waals surface area contributed by atoms with Gasteiger partial charge in [-0.2, -0.15) is 0 Å². The minimum absolute atomic E-state index is 0.00837. The minimum Gasteiger partial charge on any atom is -0.399 e. The first-order valence-electron chi connectivity index (χ1n) is 6.45. The number of carbonyl (C=O) groups excluding carboxylic acids is 3. The van der Waals surface area contributed by atoms with E-state index in [1.165, 1.54) is 7.05 Å². The number of hydrogen-bond acceptors (Lipinski definition) is 4. The number of benzene rings is 1. The van der Waals surface area contributed by atoms with Crippen LogP contribution in [0.4, 0.5) is 5.69 Å². The number of imide groups is 1. The highest BCUT2D eigenvalue weighted by molar-refractivity contribution is 6.11. The molecule has 108 valence electrons. The second kappa shape index (κ2) is 4.62. The summed E-state index contributed by atoms with van der Waals surface area (Å²) in [5, 5.41) is 3.27. The fraction of sp³-hybridized carbons (Fsp3) is 0.214. The maximum atomic E-state index is 12.3. The molecule has 1 aromatic carbocycles. The summed E-state index contributed by atoms with van der Waals surface area (Å²) in [6.07, 6.45) is 1.55. The van der Waals surface area contributed by atoms with Crippen molar-refractivity contribution in [2.75, 3.05) is 12.8 Å². The SMILES string of the molecule is CN1C(=O)CC(NC(=O)c2c[nH]c3ccc(N)cc23)C1=O. The predicted molar refractivity (Wildman–Crippen MR) is 76.4 cm³/mol. The Morgan fingerprint density at radius 3 is 2.86 bits per heavy atom. The molecule has 3 amide bonds. The molecule has 2 aromatic rings. The van der Waals surface area contributed by atoms with Crippen molar-refractivity contribution in [2.24, 2.45) is 0 Å². The molecule has 0 spiro atoms. The van der Waals surface area contributed by atoms with Gasteiger partial charge in [0.25, 0.3) is 11.8 Å². The number of H-pyrrole nitrogens is 1. The van der Waals surface area contributed by atoms with Crippen molar-refractivity contribution in [3.63, 3.8) is 0 Å². The van der Waals surface area contributed by atoms with Gasteiger partial charge in [0.1, 0.15) is 6.04 Å². The third-order valence-electron chi connectivity index (χ3n) is 3.64. The summed E-state index contributed by atoms with van der Waals surface area (Å²) in [6.45, 7) is 0. The van der Waals surface area contributed by atoms with E-state index in [1.54, 1.807) is 24.4 Å². The van der Waals surface area contributed by atoms with Gasteiger partial charge in [0.2, 0.25) is 5.91 Å². The molecule has 2 heterocycles. The molecule has 1 atom stereocenters. The molecule has 7 nitrogen and oxygen atoms in total. The molecule has 1 saturated heterocycles. The summed E-state index contributed by atoms with van der Waals surface area (Å²) in [6, 6.07) is 4.39. The Bertz CT molecular complexity index is 765. The zero-order chi connectivity index (χ0) is 15.1. The standard InChI is InChI=1S/C14H14N4O3/c1-18-12(19)5-11(14(18)21)17-13(20)9-6-16-10-3-2-7(15)4-8(9)10/h2-4,6,11,16H,5,15H2,1H3,(H,17,20). The molecule has 1 aromatic heterocycles. The van der Waals surface area contributed by atoms with E-state index in [9.17, 15) is 14.4 Å². The highest BCUT2D eigenvalue weighted by atomic mass is 16.2. The van der Waals surface area contributed by atoms with Crippen molar-refractivity contribution < 1.29 is 14.4 Å². The van der Waals surface area contributed by atoms with Crippen LogP contribution in [0.5, 0.6) is 0 Å². The van der Waals surface area contributed by atoms with Crippen LogP contribution >= 0.6 is 0 Å². The molecule has 1 aliphatic rings. The molecule has 1 fully saturated rings. The lowest BCUT2D eigenvalue weighted by Crippen LogP contribution is -2.40. The fourth-order valence-corrected chi connectivity index (χ4v) is 2.43. The van der Waals surface area contributed by atoms with Crippen LogP contribution in [-0.2, 0) is 9.59 Å². The third-order valence-corrected chi connectivity index (χ3v) is 3.64. The van der Waals surface area contributed by atoms with E-state index in [4.69, 9.17) is 5.73 Å². The lowest BCUT2D eigenvalue weighted by Gasteiger charge is -2.10. The van der Waals surface area contributed by atoms with Crippen LogP contribution in [0.1, 0.15) is 16.8 Å². The summed E-state index contributed by atoms with van der Waals surface area (Å²) in [4.78, 5) is 39.5. The Hall–Kier alpha value is -2.83. The van der Waals surface area contributed by atoms with E-state index in [1.807, 2.05) is 0 Å². The summed E-state index contributed by atoms with van der Waals surface area (Å²) in [7, 11) is 1.41. The van der Waals surface area contributed by atoms with Crippen LogP contribution in [-0.4, -0.2) is 40.7 Å². The highest BCUT2D eigenvalue weighted by Crippen LogP contribution is 2.21. The summed E-state index contributed by atoms with van der Waals surface area (Å²) >= 11 is 0. The minimum atomic E-state index is -0.805. The molecule has 0 aliphatic carbocycles. The molecular weight excluding hydrogens is 272 g/mol. The first-order valence-corrected chi connectivity index (χ1v) is 6.45. The molecule has 0 radical (unpaired) electrons. The molecule has 0 saturated carbocycles. The van der Waals surface area contributed by atoms with E-state index in [0.717, 1.165) is 10.4 Å². The summed E-state index contributed by atoms with van der Waals surface area (Å²) in [5.74, 6) is -1.10. The third kappa shape index (κ3) is 2.12.